The molecule has 0 amide bonds. The highest BCUT2D eigenvalue weighted by Crippen LogP contribution is 2.05. The summed E-state index contributed by atoms with van der Waals surface area (Å²) in [6.45, 7) is 4.13. The molecule has 5 heteroatoms. The molecule has 0 aromatic heterocycles. The van der Waals surface area contributed by atoms with Crippen molar-refractivity contribution in [1.29, 1.82) is 0 Å². The van der Waals surface area contributed by atoms with Gasteiger partial charge in [-0.15, -0.1) is 0 Å². The zero-order valence-corrected chi connectivity index (χ0v) is 9.39. The Hall–Kier alpha value is -0.420. The third-order valence-corrected chi connectivity index (χ3v) is 3.39. The van der Waals surface area contributed by atoms with Gasteiger partial charge in [-0.2, -0.15) is 8.42 Å². The molecule has 14 heavy (non-hydrogen) atoms. The Morgan fingerprint density at radius 3 is 2.64 bits per heavy atom. The number of rotatable bonds is 5. The van der Waals surface area contributed by atoms with E-state index in [1.165, 1.54) is 12.1 Å². The lowest BCUT2D eigenvalue weighted by molar-refractivity contribution is -0.520. The van der Waals surface area contributed by atoms with Crippen LogP contribution in [0.5, 0.6) is 0 Å². The lowest BCUT2D eigenvalue weighted by Gasteiger charge is -1.99. The maximum atomic E-state index is 10.4. The fraction of sp³-hybridized carbons (Fsp3) is 0.889. The summed E-state index contributed by atoms with van der Waals surface area (Å²) in [5.41, 5.74) is 1.40. The van der Waals surface area contributed by atoms with Gasteiger partial charge in [-0.05, 0) is 6.42 Å². The molecule has 0 bridgehead atoms. The van der Waals surface area contributed by atoms with Crippen molar-refractivity contribution in [2.24, 2.45) is 0 Å². The Balaban J connectivity index is 2.19. The summed E-state index contributed by atoms with van der Waals surface area (Å²) >= 11 is 0. The summed E-state index contributed by atoms with van der Waals surface area (Å²) in [6, 6.07) is 0. The summed E-state index contributed by atoms with van der Waals surface area (Å²) in [5, 5.41) is 0. The third-order valence-electron chi connectivity index (χ3n) is 2.59. The van der Waals surface area contributed by atoms with Gasteiger partial charge >= 0.3 is 0 Å². The first-order valence-corrected chi connectivity index (χ1v) is 6.62. The highest BCUT2D eigenvalue weighted by atomic mass is 32.2. The molecule has 1 aliphatic rings. The smallest absolute Gasteiger partial charge is 0.264 e. The van der Waals surface area contributed by atoms with E-state index in [1.807, 2.05) is 0 Å². The second-order valence-corrected chi connectivity index (χ2v) is 5.39. The van der Waals surface area contributed by atoms with Crippen LogP contribution in [0, 0.1) is 0 Å². The number of hydrogen-bond donors (Lipinski definition) is 1. The number of nitrogens with zero attached hydrogens (tertiary/aromatic N) is 1. The second-order valence-electron chi connectivity index (χ2n) is 3.82. The van der Waals surface area contributed by atoms with Crippen molar-refractivity contribution in [2.45, 2.75) is 32.6 Å². The predicted molar refractivity (Wildman–Crippen MR) is 55.6 cm³/mol. The number of unbranched alkanes of at least 4 members (excludes halogenated alkanes) is 1. The van der Waals surface area contributed by atoms with Gasteiger partial charge in [0.05, 0.1) is 5.75 Å². The van der Waals surface area contributed by atoms with Gasteiger partial charge in [0.15, 0.2) is 0 Å². The van der Waals surface area contributed by atoms with Gasteiger partial charge in [-0.25, -0.2) is 4.58 Å². The predicted octanol–water partition coefficient (Wildman–Crippen LogP) is 0.922. The first kappa shape index (κ1) is 11.7. The van der Waals surface area contributed by atoms with E-state index in [0.717, 1.165) is 25.9 Å². The van der Waals surface area contributed by atoms with Gasteiger partial charge in [0.1, 0.15) is 18.8 Å². The van der Waals surface area contributed by atoms with Crippen LogP contribution in [0.2, 0.25) is 0 Å². The van der Waals surface area contributed by atoms with E-state index in [2.05, 4.69) is 11.5 Å². The largest absolute Gasteiger partial charge is 0.286 e. The van der Waals surface area contributed by atoms with Crippen LogP contribution in [0.1, 0.15) is 32.6 Å². The maximum absolute atomic E-state index is 10.4. The monoisotopic (exact) mass is 220 g/mol. The van der Waals surface area contributed by atoms with E-state index in [0.29, 0.717) is 6.42 Å². The average molecular weight is 220 g/mol. The van der Waals surface area contributed by atoms with Gasteiger partial charge in [-0.3, -0.25) is 4.55 Å². The molecule has 0 saturated heterocycles. The van der Waals surface area contributed by atoms with Crippen molar-refractivity contribution < 1.29 is 17.5 Å². The van der Waals surface area contributed by atoms with Crippen LogP contribution in [0.15, 0.2) is 0 Å². The Bertz CT molecular complexity index is 319. The second kappa shape index (κ2) is 4.89. The van der Waals surface area contributed by atoms with Gasteiger partial charge in [0, 0.05) is 26.2 Å². The minimum Gasteiger partial charge on any atom is -0.286 e. The molecule has 0 aliphatic carbocycles. The normalized spacial score (nSPS) is 17.9. The summed E-state index contributed by atoms with van der Waals surface area (Å²) < 4.78 is 31.7. The van der Waals surface area contributed by atoms with Crippen LogP contribution in [0.25, 0.3) is 0 Å². The Labute approximate surface area is 85.4 Å². The molecule has 0 spiro atoms. The molecule has 1 heterocycles. The van der Waals surface area contributed by atoms with Gasteiger partial charge < -0.3 is 0 Å². The topological polar surface area (TPSA) is 57.4 Å². The lowest BCUT2D eigenvalue weighted by atomic mass is 10.3. The van der Waals surface area contributed by atoms with Crippen LogP contribution in [0.3, 0.4) is 0 Å². The van der Waals surface area contributed by atoms with Crippen molar-refractivity contribution in [3.8, 4) is 0 Å². The quantitative estimate of drug-likeness (QED) is 0.426. The van der Waals surface area contributed by atoms with Crippen LogP contribution < -0.4 is 0 Å². The van der Waals surface area contributed by atoms with Gasteiger partial charge in [-0.1, -0.05) is 0 Å². The first-order chi connectivity index (χ1) is 6.49. The fourth-order valence-electron chi connectivity index (χ4n) is 1.76. The molecule has 1 N–H and O–H groups in total. The summed E-state index contributed by atoms with van der Waals surface area (Å²) in [4.78, 5) is 0. The zero-order chi connectivity index (χ0) is 10.6. The van der Waals surface area contributed by atoms with Crippen molar-refractivity contribution in [3.05, 3.63) is 0 Å². The molecule has 1 rings (SSSR count). The Morgan fingerprint density at radius 1 is 1.43 bits per heavy atom. The zero-order valence-electron chi connectivity index (χ0n) is 8.57. The van der Waals surface area contributed by atoms with Gasteiger partial charge in [0.2, 0.25) is 0 Å². The molecule has 82 valence electrons. The van der Waals surface area contributed by atoms with Gasteiger partial charge in [0.25, 0.3) is 10.1 Å². The van der Waals surface area contributed by atoms with Crippen molar-refractivity contribution in [2.75, 3.05) is 18.8 Å². The summed E-state index contributed by atoms with van der Waals surface area (Å²) in [7, 11) is -3.76. The molecule has 0 saturated carbocycles. The third kappa shape index (κ3) is 4.19. The van der Waals surface area contributed by atoms with E-state index in [-0.39, 0.29) is 5.75 Å². The lowest BCUT2D eigenvalue weighted by Crippen LogP contribution is -2.15. The van der Waals surface area contributed by atoms with E-state index in [4.69, 9.17) is 4.55 Å². The SMILES string of the molecule is CC1=[N+](CCCCS(=O)(=O)O)CCC1. The van der Waals surface area contributed by atoms with Crippen molar-refractivity contribution >= 4 is 15.8 Å². The van der Waals surface area contributed by atoms with Crippen LogP contribution in [0.4, 0.5) is 0 Å². The number of hydrogen-bond acceptors (Lipinski definition) is 2. The van der Waals surface area contributed by atoms with E-state index in [1.54, 1.807) is 0 Å². The van der Waals surface area contributed by atoms with Crippen LogP contribution in [-0.2, 0) is 10.1 Å². The van der Waals surface area contributed by atoms with Crippen LogP contribution in [-0.4, -0.2) is 42.1 Å². The molecule has 0 aromatic carbocycles. The first-order valence-electron chi connectivity index (χ1n) is 5.01. The minimum atomic E-state index is -3.76. The summed E-state index contributed by atoms with van der Waals surface area (Å²) in [6.07, 6.45) is 3.75. The van der Waals surface area contributed by atoms with E-state index >= 15 is 0 Å². The van der Waals surface area contributed by atoms with E-state index in [9.17, 15) is 8.42 Å². The van der Waals surface area contributed by atoms with Crippen molar-refractivity contribution in [3.63, 3.8) is 0 Å². The minimum absolute atomic E-state index is 0.111. The molecule has 0 atom stereocenters. The molecule has 0 radical (unpaired) electrons. The molecule has 0 aromatic rings. The molecule has 0 fully saturated rings. The average Bonchev–Trinajstić information content (AvgIpc) is 2.44. The summed E-state index contributed by atoms with van der Waals surface area (Å²) in [5.74, 6) is -0.111. The highest BCUT2D eigenvalue weighted by molar-refractivity contribution is 7.85. The standard InChI is InChI=1S/C9H17NO3S/c1-9-5-4-7-10(9)6-2-3-8-14(11,12)13/h2-8H2,1H3/p+1. The van der Waals surface area contributed by atoms with Crippen molar-refractivity contribution in [1.82, 2.24) is 0 Å². The molecular weight excluding hydrogens is 202 g/mol. The highest BCUT2D eigenvalue weighted by Gasteiger charge is 2.17. The Morgan fingerprint density at radius 2 is 2.14 bits per heavy atom. The molecular formula is C9H18NO3S+. The molecule has 4 nitrogen and oxygen atoms in total. The van der Waals surface area contributed by atoms with E-state index < -0.39 is 10.1 Å². The molecule has 0 unspecified atom stereocenters. The Kier molecular flexibility index (Phi) is 4.07. The molecule has 1 aliphatic heterocycles. The van der Waals surface area contributed by atoms with Crippen LogP contribution >= 0.6 is 0 Å². The fourth-order valence-corrected chi connectivity index (χ4v) is 2.33. The maximum Gasteiger partial charge on any atom is 0.264 e.